The maximum Gasteiger partial charge on any atom is 0.185 e. The van der Waals surface area contributed by atoms with Crippen molar-refractivity contribution in [1.29, 1.82) is 5.41 Å². The molecule has 1 unspecified atom stereocenters. The third-order valence-corrected chi connectivity index (χ3v) is 1.28. The number of rotatable bonds is 5. The summed E-state index contributed by atoms with van der Waals surface area (Å²) in [7, 11) is 0. The van der Waals surface area contributed by atoms with Crippen molar-refractivity contribution in [2.75, 3.05) is 13.2 Å². The van der Waals surface area contributed by atoms with Gasteiger partial charge in [-0.2, -0.15) is 0 Å². The first-order valence-corrected chi connectivity index (χ1v) is 3.58. The Labute approximate surface area is 66.3 Å². The summed E-state index contributed by atoms with van der Waals surface area (Å²) in [6.45, 7) is 0.378. The third-order valence-electron chi connectivity index (χ3n) is 1.28. The molecule has 0 saturated carbocycles. The number of hydrogen-bond acceptors (Lipinski definition) is 2. The molecule has 0 amide bonds. The van der Waals surface area contributed by atoms with Gasteiger partial charge < -0.3 is 16.8 Å². The standard InChI is InChI=1S/C6H15N4O/c7-5(4-11)2-1-3-10-6(8)9/h5H,1-4,7H2,(H4,8,9,10). The van der Waals surface area contributed by atoms with Crippen molar-refractivity contribution in [1.82, 2.24) is 5.32 Å². The van der Waals surface area contributed by atoms with E-state index in [0.29, 0.717) is 13.0 Å². The SMILES string of the molecule is N=C(N)NCCCC(N)C[O]. The molecule has 0 saturated heterocycles. The van der Waals surface area contributed by atoms with Crippen LogP contribution in [-0.4, -0.2) is 25.2 Å². The van der Waals surface area contributed by atoms with E-state index in [1.54, 1.807) is 0 Å². The summed E-state index contributed by atoms with van der Waals surface area (Å²) in [5.74, 6) is -0.0410. The normalized spacial score (nSPS) is 12.5. The second kappa shape index (κ2) is 5.94. The maximum atomic E-state index is 10.1. The van der Waals surface area contributed by atoms with E-state index >= 15 is 0 Å². The van der Waals surface area contributed by atoms with Crippen LogP contribution in [0.25, 0.3) is 0 Å². The van der Waals surface area contributed by atoms with Crippen molar-refractivity contribution in [2.24, 2.45) is 11.5 Å². The lowest BCUT2D eigenvalue weighted by molar-refractivity contribution is 0.169. The molecule has 65 valence electrons. The molecule has 0 aliphatic carbocycles. The Bertz CT molecular complexity index is 117. The van der Waals surface area contributed by atoms with Crippen molar-refractivity contribution < 1.29 is 5.11 Å². The maximum absolute atomic E-state index is 10.1. The van der Waals surface area contributed by atoms with E-state index in [0.717, 1.165) is 6.42 Å². The fraction of sp³-hybridized carbons (Fsp3) is 0.833. The minimum Gasteiger partial charge on any atom is -0.370 e. The molecule has 0 aliphatic rings. The number of guanidine groups is 1. The van der Waals surface area contributed by atoms with Crippen LogP contribution in [0.1, 0.15) is 12.8 Å². The second-order valence-electron chi connectivity index (χ2n) is 2.41. The van der Waals surface area contributed by atoms with Crippen LogP contribution in [0.15, 0.2) is 0 Å². The lowest BCUT2D eigenvalue weighted by atomic mass is 10.2. The lowest BCUT2D eigenvalue weighted by Crippen LogP contribution is -2.32. The molecule has 1 radical (unpaired) electrons. The van der Waals surface area contributed by atoms with Gasteiger partial charge in [-0.25, -0.2) is 5.11 Å². The third kappa shape index (κ3) is 7.08. The van der Waals surface area contributed by atoms with Crippen LogP contribution in [0.5, 0.6) is 0 Å². The molecule has 1 atom stereocenters. The van der Waals surface area contributed by atoms with Crippen LogP contribution in [0, 0.1) is 5.41 Å². The van der Waals surface area contributed by atoms with Gasteiger partial charge in [0.2, 0.25) is 0 Å². The molecule has 6 N–H and O–H groups in total. The van der Waals surface area contributed by atoms with Crippen LogP contribution in [-0.2, 0) is 5.11 Å². The van der Waals surface area contributed by atoms with Gasteiger partial charge in [0.1, 0.15) is 0 Å². The molecule has 5 heteroatoms. The first-order chi connectivity index (χ1) is 5.16. The number of hydrogen-bond donors (Lipinski definition) is 4. The Kier molecular flexibility index (Phi) is 5.50. The fourth-order valence-electron chi connectivity index (χ4n) is 0.671. The van der Waals surface area contributed by atoms with Crippen LogP contribution in [0.2, 0.25) is 0 Å². The van der Waals surface area contributed by atoms with Gasteiger partial charge in [-0.3, -0.25) is 5.41 Å². The summed E-state index contributed by atoms with van der Waals surface area (Å²) >= 11 is 0. The van der Waals surface area contributed by atoms with E-state index in [1.807, 2.05) is 0 Å². The van der Waals surface area contributed by atoms with Crippen LogP contribution < -0.4 is 16.8 Å². The summed E-state index contributed by atoms with van der Waals surface area (Å²) in [5.41, 5.74) is 10.4. The highest BCUT2D eigenvalue weighted by atomic mass is 16.3. The fourth-order valence-corrected chi connectivity index (χ4v) is 0.671. The Morgan fingerprint density at radius 1 is 1.64 bits per heavy atom. The Morgan fingerprint density at radius 2 is 2.27 bits per heavy atom. The molecule has 0 aromatic heterocycles. The van der Waals surface area contributed by atoms with E-state index in [4.69, 9.17) is 16.9 Å². The molecule has 0 aromatic carbocycles. The van der Waals surface area contributed by atoms with Gasteiger partial charge in [-0.05, 0) is 12.8 Å². The smallest absolute Gasteiger partial charge is 0.185 e. The summed E-state index contributed by atoms with van der Waals surface area (Å²) in [5, 5.41) is 19.6. The van der Waals surface area contributed by atoms with Gasteiger partial charge in [0, 0.05) is 12.6 Å². The van der Waals surface area contributed by atoms with Crippen LogP contribution >= 0.6 is 0 Å². The number of nitrogens with one attached hydrogen (secondary N) is 2. The molecule has 0 rings (SSSR count). The van der Waals surface area contributed by atoms with E-state index in [9.17, 15) is 5.11 Å². The molecule has 0 bridgehead atoms. The highest BCUT2D eigenvalue weighted by Gasteiger charge is 1.99. The summed E-state index contributed by atoms with van der Waals surface area (Å²) < 4.78 is 0. The zero-order chi connectivity index (χ0) is 8.69. The van der Waals surface area contributed by atoms with E-state index in [-0.39, 0.29) is 18.6 Å². The molecule has 0 aliphatic heterocycles. The van der Waals surface area contributed by atoms with E-state index in [1.165, 1.54) is 0 Å². The van der Waals surface area contributed by atoms with E-state index in [2.05, 4.69) is 5.32 Å². The van der Waals surface area contributed by atoms with Crippen molar-refractivity contribution >= 4 is 5.96 Å². The van der Waals surface area contributed by atoms with Gasteiger partial charge in [0.15, 0.2) is 5.96 Å². The van der Waals surface area contributed by atoms with Crippen molar-refractivity contribution in [3.8, 4) is 0 Å². The largest absolute Gasteiger partial charge is 0.370 e. The Hall–Kier alpha value is -0.810. The molecule has 5 nitrogen and oxygen atoms in total. The van der Waals surface area contributed by atoms with Crippen LogP contribution in [0.4, 0.5) is 0 Å². The highest BCUT2D eigenvalue weighted by Crippen LogP contribution is 1.91. The zero-order valence-electron chi connectivity index (χ0n) is 6.47. The average molecular weight is 159 g/mol. The molecule has 11 heavy (non-hydrogen) atoms. The van der Waals surface area contributed by atoms with Crippen LogP contribution in [0.3, 0.4) is 0 Å². The van der Waals surface area contributed by atoms with Crippen molar-refractivity contribution in [3.63, 3.8) is 0 Å². The van der Waals surface area contributed by atoms with Crippen molar-refractivity contribution in [3.05, 3.63) is 0 Å². The van der Waals surface area contributed by atoms with E-state index < -0.39 is 0 Å². The number of nitrogens with two attached hydrogens (primary N) is 2. The summed E-state index contributed by atoms with van der Waals surface area (Å²) in [6.07, 6.45) is 1.47. The molecule has 0 spiro atoms. The van der Waals surface area contributed by atoms with Gasteiger partial charge in [-0.15, -0.1) is 0 Å². The minimum absolute atomic E-state index is 0.0410. The first kappa shape index (κ1) is 10.2. The average Bonchev–Trinajstić information content (AvgIpc) is 1.97. The summed E-state index contributed by atoms with van der Waals surface area (Å²) in [4.78, 5) is 0. The summed E-state index contributed by atoms with van der Waals surface area (Å²) in [6, 6.07) is -0.260. The van der Waals surface area contributed by atoms with Gasteiger partial charge >= 0.3 is 0 Å². The predicted molar refractivity (Wildman–Crippen MR) is 42.7 cm³/mol. The predicted octanol–water partition coefficient (Wildman–Crippen LogP) is -0.993. The Balaban J connectivity index is 3.08. The molecule has 0 heterocycles. The van der Waals surface area contributed by atoms with Gasteiger partial charge in [0.25, 0.3) is 0 Å². The molecule has 0 fully saturated rings. The highest BCUT2D eigenvalue weighted by molar-refractivity contribution is 5.74. The monoisotopic (exact) mass is 159 g/mol. The minimum atomic E-state index is -0.260. The molecular formula is C6H15N4O. The molecular weight excluding hydrogens is 144 g/mol. The first-order valence-electron chi connectivity index (χ1n) is 3.58. The van der Waals surface area contributed by atoms with Gasteiger partial charge in [-0.1, -0.05) is 0 Å². The van der Waals surface area contributed by atoms with Gasteiger partial charge in [0.05, 0.1) is 6.61 Å². The zero-order valence-corrected chi connectivity index (χ0v) is 6.47. The second-order valence-corrected chi connectivity index (χ2v) is 2.41. The Morgan fingerprint density at radius 3 is 2.73 bits per heavy atom. The van der Waals surface area contributed by atoms with Crippen molar-refractivity contribution in [2.45, 2.75) is 18.9 Å². The topological polar surface area (TPSA) is 108 Å². The quantitative estimate of drug-likeness (QED) is 0.235. The molecule has 0 aromatic rings. The lowest BCUT2D eigenvalue weighted by Gasteiger charge is -2.06.